The van der Waals surface area contributed by atoms with Crippen molar-refractivity contribution in [2.45, 2.75) is 38.7 Å². The van der Waals surface area contributed by atoms with E-state index in [0.29, 0.717) is 49.7 Å². The molecule has 7 nitrogen and oxygen atoms in total. The zero-order valence-electron chi connectivity index (χ0n) is 15.1. The van der Waals surface area contributed by atoms with Crippen molar-refractivity contribution in [3.63, 3.8) is 0 Å². The molecule has 0 saturated carbocycles. The summed E-state index contributed by atoms with van der Waals surface area (Å²) in [5, 5.41) is 10.8. The van der Waals surface area contributed by atoms with E-state index < -0.39 is 11.3 Å². The Morgan fingerprint density at radius 1 is 1.35 bits per heavy atom. The van der Waals surface area contributed by atoms with Crippen LogP contribution in [0.3, 0.4) is 0 Å². The number of carbonyl (C=O) groups excluding carboxylic acids is 1. The van der Waals surface area contributed by atoms with E-state index in [4.69, 9.17) is 0 Å². The molecule has 0 atom stereocenters. The number of aromatic nitrogens is 3. The molecule has 0 spiro atoms. The number of likely N-dealkylation sites (tertiary alicyclic amines) is 1. The summed E-state index contributed by atoms with van der Waals surface area (Å²) in [4.78, 5) is 36.9. The molecular formula is C19H24N4O3. The van der Waals surface area contributed by atoms with Crippen LogP contribution >= 0.6 is 0 Å². The average Bonchev–Trinajstić information content (AvgIpc) is 2.61. The smallest absolute Gasteiger partial charge is 0.345 e. The van der Waals surface area contributed by atoms with Crippen LogP contribution in [0.5, 0.6) is 0 Å². The van der Waals surface area contributed by atoms with Gasteiger partial charge in [0.05, 0.1) is 5.69 Å². The van der Waals surface area contributed by atoms with Crippen LogP contribution in [0.2, 0.25) is 0 Å². The van der Waals surface area contributed by atoms with Gasteiger partial charge in [0.1, 0.15) is 11.3 Å². The molecule has 3 heterocycles. The predicted molar refractivity (Wildman–Crippen MR) is 96.7 cm³/mol. The Hall–Kier alpha value is -2.54. The van der Waals surface area contributed by atoms with Crippen LogP contribution < -0.4 is 5.69 Å². The minimum Gasteiger partial charge on any atom is -0.383 e. The normalized spacial score (nSPS) is 16.7. The van der Waals surface area contributed by atoms with Gasteiger partial charge in [-0.3, -0.25) is 9.78 Å². The van der Waals surface area contributed by atoms with Crippen LogP contribution in [0.25, 0.3) is 0 Å². The highest BCUT2D eigenvalue weighted by atomic mass is 16.3. The standard InChI is InChI=1S/C19H24N4O3/c1-13(2)11-14-12-15(22-18(25)21-14)17(24)23-9-6-19(26,7-10-23)16-5-3-4-8-20-16/h3-5,8,12-13,26H,6-7,9-11H2,1-2H3,(H,21,22,25). The highest BCUT2D eigenvalue weighted by molar-refractivity contribution is 5.92. The number of nitrogens with one attached hydrogen (secondary N) is 1. The van der Waals surface area contributed by atoms with Crippen LogP contribution in [-0.4, -0.2) is 44.0 Å². The summed E-state index contributed by atoms with van der Waals surface area (Å²) in [6.45, 7) is 4.87. The lowest BCUT2D eigenvalue weighted by Crippen LogP contribution is -2.46. The van der Waals surface area contributed by atoms with E-state index in [9.17, 15) is 14.7 Å². The molecule has 1 amide bonds. The highest BCUT2D eigenvalue weighted by Crippen LogP contribution is 2.31. The highest BCUT2D eigenvalue weighted by Gasteiger charge is 2.37. The van der Waals surface area contributed by atoms with Gasteiger partial charge in [-0.1, -0.05) is 19.9 Å². The van der Waals surface area contributed by atoms with Gasteiger partial charge in [0.25, 0.3) is 5.91 Å². The minimum absolute atomic E-state index is 0.160. The van der Waals surface area contributed by atoms with Gasteiger partial charge in [0.2, 0.25) is 0 Å². The summed E-state index contributed by atoms with van der Waals surface area (Å²) in [5.41, 5.74) is -0.0327. The third kappa shape index (κ3) is 3.99. The van der Waals surface area contributed by atoms with Crippen LogP contribution in [0.4, 0.5) is 0 Å². The van der Waals surface area contributed by atoms with Crippen LogP contribution in [0, 0.1) is 5.92 Å². The molecule has 2 aromatic heterocycles. The van der Waals surface area contributed by atoms with E-state index >= 15 is 0 Å². The Labute approximate surface area is 152 Å². The molecule has 0 aliphatic carbocycles. The second kappa shape index (κ2) is 7.37. The maximum absolute atomic E-state index is 12.8. The van der Waals surface area contributed by atoms with Crippen molar-refractivity contribution in [2.75, 3.05) is 13.1 Å². The lowest BCUT2D eigenvalue weighted by atomic mass is 9.87. The Morgan fingerprint density at radius 2 is 2.08 bits per heavy atom. The molecule has 1 saturated heterocycles. The third-order valence-electron chi connectivity index (χ3n) is 4.67. The molecule has 1 aliphatic rings. The molecule has 138 valence electrons. The number of aromatic amines is 1. The Kier molecular flexibility index (Phi) is 5.18. The minimum atomic E-state index is -1.03. The van der Waals surface area contributed by atoms with Gasteiger partial charge in [0, 0.05) is 25.0 Å². The quantitative estimate of drug-likeness (QED) is 0.865. The van der Waals surface area contributed by atoms with Gasteiger partial charge >= 0.3 is 5.69 Å². The summed E-state index contributed by atoms with van der Waals surface area (Å²) in [6, 6.07) is 7.10. The van der Waals surface area contributed by atoms with Crippen LogP contribution in [0.1, 0.15) is 48.6 Å². The van der Waals surface area contributed by atoms with Crippen molar-refractivity contribution in [1.82, 2.24) is 19.9 Å². The first-order valence-corrected chi connectivity index (χ1v) is 8.91. The molecular weight excluding hydrogens is 332 g/mol. The molecule has 0 unspecified atom stereocenters. The maximum Gasteiger partial charge on any atom is 0.345 e. The lowest BCUT2D eigenvalue weighted by Gasteiger charge is -2.37. The zero-order valence-corrected chi connectivity index (χ0v) is 15.1. The van der Waals surface area contributed by atoms with Crippen molar-refractivity contribution in [3.8, 4) is 0 Å². The maximum atomic E-state index is 12.8. The van der Waals surface area contributed by atoms with Crippen LogP contribution in [-0.2, 0) is 12.0 Å². The number of aliphatic hydroxyl groups is 1. The summed E-state index contributed by atoms with van der Waals surface area (Å²) in [5.74, 6) is 0.0866. The number of rotatable bonds is 4. The largest absolute Gasteiger partial charge is 0.383 e. The van der Waals surface area contributed by atoms with Crippen molar-refractivity contribution in [1.29, 1.82) is 0 Å². The van der Waals surface area contributed by atoms with Crippen LogP contribution in [0.15, 0.2) is 35.3 Å². The molecule has 0 radical (unpaired) electrons. The summed E-state index contributed by atoms with van der Waals surface area (Å²) in [6.07, 6.45) is 3.13. The van der Waals surface area contributed by atoms with Gasteiger partial charge in [0.15, 0.2) is 0 Å². The molecule has 1 fully saturated rings. The second-order valence-corrected chi connectivity index (χ2v) is 7.23. The van der Waals surface area contributed by atoms with E-state index in [-0.39, 0.29) is 11.6 Å². The fourth-order valence-corrected chi connectivity index (χ4v) is 3.30. The zero-order chi connectivity index (χ0) is 18.7. The number of H-pyrrole nitrogens is 1. The molecule has 0 bridgehead atoms. The van der Waals surface area contributed by atoms with Gasteiger partial charge in [-0.2, -0.15) is 4.98 Å². The number of piperidine rings is 1. The molecule has 2 N–H and O–H groups in total. The average molecular weight is 356 g/mol. The number of nitrogens with zero attached hydrogens (tertiary/aromatic N) is 3. The number of amides is 1. The monoisotopic (exact) mass is 356 g/mol. The fourth-order valence-electron chi connectivity index (χ4n) is 3.30. The molecule has 1 aliphatic heterocycles. The molecule has 7 heteroatoms. The fraction of sp³-hybridized carbons (Fsp3) is 0.474. The number of hydrogen-bond donors (Lipinski definition) is 2. The molecule has 3 rings (SSSR count). The van der Waals surface area contributed by atoms with E-state index in [0.717, 1.165) is 0 Å². The third-order valence-corrected chi connectivity index (χ3v) is 4.67. The SMILES string of the molecule is CC(C)Cc1cc(C(=O)N2CCC(O)(c3ccccn3)CC2)nc(=O)[nH]1. The van der Waals surface area contributed by atoms with Crippen molar-refractivity contribution < 1.29 is 9.90 Å². The Bertz CT molecular complexity index is 824. The topological polar surface area (TPSA) is 99.2 Å². The van der Waals surface area contributed by atoms with Gasteiger partial charge in [-0.05, 0) is 43.4 Å². The Morgan fingerprint density at radius 3 is 2.69 bits per heavy atom. The van der Waals surface area contributed by atoms with Gasteiger partial charge in [-0.25, -0.2) is 4.79 Å². The predicted octanol–water partition coefficient (Wildman–Crippen LogP) is 1.49. The Balaban J connectivity index is 1.73. The number of hydrogen-bond acceptors (Lipinski definition) is 5. The van der Waals surface area contributed by atoms with Crippen molar-refractivity contribution in [3.05, 3.63) is 58.0 Å². The van der Waals surface area contributed by atoms with E-state index in [1.807, 2.05) is 19.9 Å². The molecule has 26 heavy (non-hydrogen) atoms. The summed E-state index contributed by atoms with van der Waals surface area (Å²) < 4.78 is 0. The van der Waals surface area contributed by atoms with Gasteiger partial charge in [-0.15, -0.1) is 0 Å². The summed E-state index contributed by atoms with van der Waals surface area (Å²) >= 11 is 0. The van der Waals surface area contributed by atoms with E-state index in [2.05, 4.69) is 15.0 Å². The second-order valence-electron chi connectivity index (χ2n) is 7.23. The first-order valence-electron chi connectivity index (χ1n) is 8.91. The van der Waals surface area contributed by atoms with Gasteiger partial charge < -0.3 is 15.0 Å². The first-order chi connectivity index (χ1) is 12.4. The van der Waals surface area contributed by atoms with E-state index in [1.165, 1.54) is 0 Å². The van der Waals surface area contributed by atoms with Crippen molar-refractivity contribution >= 4 is 5.91 Å². The summed E-state index contributed by atoms with van der Waals surface area (Å²) in [7, 11) is 0. The van der Waals surface area contributed by atoms with E-state index in [1.54, 1.807) is 29.3 Å². The molecule has 2 aromatic rings. The number of carbonyl (C=O) groups is 1. The molecule has 0 aromatic carbocycles. The lowest BCUT2D eigenvalue weighted by molar-refractivity contribution is -0.0245. The van der Waals surface area contributed by atoms with Crippen molar-refractivity contribution in [2.24, 2.45) is 5.92 Å². The number of pyridine rings is 1. The first kappa shape index (κ1) is 18.3.